The maximum Gasteiger partial charge on any atom is 0.193 e. The molecule has 1 aliphatic heterocycles. The van der Waals surface area contributed by atoms with Crippen molar-refractivity contribution in [2.45, 2.75) is 39.2 Å². The van der Waals surface area contributed by atoms with Gasteiger partial charge in [-0.2, -0.15) is 5.10 Å². The number of nitrogens with one attached hydrogen (secondary N) is 1. The summed E-state index contributed by atoms with van der Waals surface area (Å²) in [6, 6.07) is 10.2. The molecule has 0 radical (unpaired) electrons. The monoisotopic (exact) mass is 369 g/mol. The lowest BCUT2D eigenvalue weighted by atomic mass is 10.1. The minimum atomic E-state index is 0.401. The van der Waals surface area contributed by atoms with E-state index in [0.29, 0.717) is 6.10 Å². The molecule has 1 aromatic carbocycles. The van der Waals surface area contributed by atoms with Crippen molar-refractivity contribution in [3.8, 4) is 5.69 Å². The fourth-order valence-electron chi connectivity index (χ4n) is 3.40. The summed E-state index contributed by atoms with van der Waals surface area (Å²) in [5.41, 5.74) is 2.28. The number of ether oxygens (including phenoxy) is 1. The second-order valence-corrected chi connectivity index (χ2v) is 6.76. The second kappa shape index (κ2) is 10.1. The average Bonchev–Trinajstić information content (AvgIpc) is 3.18. The zero-order valence-electron chi connectivity index (χ0n) is 16.5. The lowest BCUT2D eigenvalue weighted by Crippen LogP contribution is -2.47. The molecule has 0 amide bonds. The first kappa shape index (κ1) is 19.4. The van der Waals surface area contributed by atoms with Crippen LogP contribution in [0.5, 0.6) is 0 Å². The van der Waals surface area contributed by atoms with Gasteiger partial charge >= 0.3 is 0 Å². The van der Waals surface area contributed by atoms with Gasteiger partial charge in [-0.05, 0) is 50.8 Å². The number of aliphatic imine (C=N–C) groups is 1. The Bertz CT molecular complexity index is 704. The molecule has 6 heteroatoms. The Morgan fingerprint density at radius 2 is 2.00 bits per heavy atom. The number of hydrogen-bond donors (Lipinski definition) is 1. The predicted molar refractivity (Wildman–Crippen MR) is 109 cm³/mol. The summed E-state index contributed by atoms with van der Waals surface area (Å²) in [6.45, 7) is 8.63. The van der Waals surface area contributed by atoms with E-state index in [9.17, 15) is 0 Å². The van der Waals surface area contributed by atoms with Crippen LogP contribution >= 0.6 is 0 Å². The third-order valence-electron chi connectivity index (χ3n) is 4.80. The van der Waals surface area contributed by atoms with Gasteiger partial charge in [0.25, 0.3) is 0 Å². The quantitative estimate of drug-likeness (QED) is 0.602. The number of hydrogen-bond acceptors (Lipinski definition) is 3. The summed E-state index contributed by atoms with van der Waals surface area (Å²) < 4.78 is 7.67. The molecule has 0 unspecified atom stereocenters. The van der Waals surface area contributed by atoms with Crippen molar-refractivity contribution in [3.63, 3.8) is 0 Å². The van der Waals surface area contributed by atoms with Crippen LogP contribution in [0.3, 0.4) is 0 Å². The summed E-state index contributed by atoms with van der Waals surface area (Å²) in [5, 5.41) is 7.90. The number of likely N-dealkylation sites (tertiary alicyclic amines) is 1. The Morgan fingerprint density at radius 3 is 2.70 bits per heavy atom. The van der Waals surface area contributed by atoms with E-state index in [-0.39, 0.29) is 0 Å². The molecule has 1 aromatic heterocycles. The Labute approximate surface area is 162 Å². The molecule has 27 heavy (non-hydrogen) atoms. The molecule has 1 saturated heterocycles. The fraction of sp³-hybridized carbons (Fsp3) is 0.524. The standard InChI is InChI=1S/C21H31N5O/c1-3-22-21(25-14-11-20(12-15-25)27-4-2)23-13-10-18-16-24-26(17-18)19-8-6-5-7-9-19/h5-9,16-17,20H,3-4,10-15H2,1-2H3,(H,22,23). The minimum absolute atomic E-state index is 0.401. The molecule has 0 atom stereocenters. The van der Waals surface area contributed by atoms with Crippen LogP contribution < -0.4 is 5.32 Å². The summed E-state index contributed by atoms with van der Waals surface area (Å²) in [5.74, 6) is 1.02. The number of rotatable bonds is 7. The molecular formula is C21H31N5O. The maximum absolute atomic E-state index is 5.75. The van der Waals surface area contributed by atoms with Crippen LogP contribution in [0.15, 0.2) is 47.7 Å². The fourth-order valence-corrected chi connectivity index (χ4v) is 3.40. The Kier molecular flexibility index (Phi) is 7.27. The van der Waals surface area contributed by atoms with Gasteiger partial charge in [0.15, 0.2) is 5.96 Å². The molecule has 6 nitrogen and oxygen atoms in total. The third-order valence-corrected chi connectivity index (χ3v) is 4.80. The van der Waals surface area contributed by atoms with Crippen molar-refractivity contribution in [3.05, 3.63) is 48.3 Å². The van der Waals surface area contributed by atoms with Crippen molar-refractivity contribution < 1.29 is 4.74 Å². The highest BCUT2D eigenvalue weighted by atomic mass is 16.5. The Balaban J connectivity index is 1.54. The van der Waals surface area contributed by atoms with Crippen LogP contribution in [0.1, 0.15) is 32.3 Å². The average molecular weight is 370 g/mol. The largest absolute Gasteiger partial charge is 0.378 e. The number of nitrogens with zero attached hydrogens (tertiary/aromatic N) is 4. The molecule has 2 heterocycles. The van der Waals surface area contributed by atoms with Crippen LogP contribution in [0, 0.1) is 0 Å². The summed E-state index contributed by atoms with van der Waals surface area (Å²) >= 11 is 0. The molecule has 3 rings (SSSR count). The molecule has 146 valence electrons. The first-order chi connectivity index (χ1) is 13.3. The number of aromatic nitrogens is 2. The van der Waals surface area contributed by atoms with Crippen LogP contribution in [0.2, 0.25) is 0 Å². The molecule has 0 aliphatic carbocycles. The normalized spacial score (nSPS) is 15.9. The van der Waals surface area contributed by atoms with E-state index in [0.717, 1.165) is 63.7 Å². The number of guanidine groups is 1. The maximum atomic E-state index is 5.75. The van der Waals surface area contributed by atoms with Crippen molar-refractivity contribution in [2.75, 3.05) is 32.8 Å². The van der Waals surface area contributed by atoms with Gasteiger partial charge in [0.1, 0.15) is 0 Å². The van der Waals surface area contributed by atoms with Crippen molar-refractivity contribution >= 4 is 5.96 Å². The summed E-state index contributed by atoms with van der Waals surface area (Å²) in [6.07, 6.45) is 7.45. The molecule has 2 aromatic rings. The van der Waals surface area contributed by atoms with Gasteiger partial charge in [0, 0.05) is 39.0 Å². The first-order valence-electron chi connectivity index (χ1n) is 10.0. The summed E-state index contributed by atoms with van der Waals surface area (Å²) in [4.78, 5) is 7.19. The topological polar surface area (TPSA) is 54.7 Å². The van der Waals surface area contributed by atoms with Crippen LogP contribution in [0.4, 0.5) is 0 Å². The molecule has 1 N–H and O–H groups in total. The zero-order valence-corrected chi connectivity index (χ0v) is 16.5. The van der Waals surface area contributed by atoms with Gasteiger partial charge in [0.05, 0.1) is 18.0 Å². The van der Waals surface area contributed by atoms with E-state index in [4.69, 9.17) is 9.73 Å². The van der Waals surface area contributed by atoms with E-state index >= 15 is 0 Å². The van der Waals surface area contributed by atoms with Gasteiger partial charge in [-0.25, -0.2) is 4.68 Å². The van der Waals surface area contributed by atoms with Gasteiger partial charge in [-0.1, -0.05) is 18.2 Å². The van der Waals surface area contributed by atoms with Gasteiger partial charge in [-0.3, -0.25) is 4.99 Å². The predicted octanol–water partition coefficient (Wildman–Crippen LogP) is 2.88. The van der Waals surface area contributed by atoms with Gasteiger partial charge in [0.2, 0.25) is 0 Å². The van der Waals surface area contributed by atoms with Crippen molar-refractivity contribution in [2.24, 2.45) is 4.99 Å². The Hall–Kier alpha value is -2.34. The van der Waals surface area contributed by atoms with Gasteiger partial charge in [-0.15, -0.1) is 0 Å². The van der Waals surface area contributed by atoms with Crippen LogP contribution in [-0.2, 0) is 11.2 Å². The van der Waals surface area contributed by atoms with E-state index in [1.54, 1.807) is 0 Å². The summed E-state index contributed by atoms with van der Waals surface area (Å²) in [7, 11) is 0. The zero-order chi connectivity index (χ0) is 18.9. The first-order valence-corrected chi connectivity index (χ1v) is 10.0. The van der Waals surface area contributed by atoms with E-state index in [2.05, 4.69) is 47.5 Å². The van der Waals surface area contributed by atoms with Crippen molar-refractivity contribution in [1.29, 1.82) is 0 Å². The number of benzene rings is 1. The van der Waals surface area contributed by atoms with E-state index in [1.807, 2.05) is 29.1 Å². The van der Waals surface area contributed by atoms with Crippen LogP contribution in [0.25, 0.3) is 5.69 Å². The van der Waals surface area contributed by atoms with E-state index in [1.165, 1.54) is 5.56 Å². The number of piperidine rings is 1. The molecule has 1 aliphatic rings. The highest BCUT2D eigenvalue weighted by Gasteiger charge is 2.21. The molecule has 0 bridgehead atoms. The molecule has 1 fully saturated rings. The number of para-hydroxylation sites is 1. The molecule has 0 spiro atoms. The second-order valence-electron chi connectivity index (χ2n) is 6.76. The highest BCUT2D eigenvalue weighted by Crippen LogP contribution is 2.14. The molecule has 0 saturated carbocycles. The van der Waals surface area contributed by atoms with Gasteiger partial charge < -0.3 is 15.0 Å². The van der Waals surface area contributed by atoms with Crippen LogP contribution in [-0.4, -0.2) is 59.5 Å². The Morgan fingerprint density at radius 1 is 1.22 bits per heavy atom. The SMILES string of the molecule is CCNC(=NCCc1cnn(-c2ccccc2)c1)N1CCC(OCC)CC1. The third kappa shape index (κ3) is 5.57. The molecular weight excluding hydrogens is 338 g/mol. The highest BCUT2D eigenvalue weighted by molar-refractivity contribution is 5.80. The van der Waals surface area contributed by atoms with Crippen molar-refractivity contribution in [1.82, 2.24) is 20.0 Å². The lowest BCUT2D eigenvalue weighted by Gasteiger charge is -2.34. The lowest BCUT2D eigenvalue weighted by molar-refractivity contribution is 0.0264. The van der Waals surface area contributed by atoms with E-state index < -0.39 is 0 Å². The minimum Gasteiger partial charge on any atom is -0.378 e. The smallest absolute Gasteiger partial charge is 0.193 e.